The van der Waals surface area contributed by atoms with E-state index in [9.17, 15) is 21.6 Å². The van der Waals surface area contributed by atoms with E-state index in [1.807, 2.05) is 22.6 Å². The van der Waals surface area contributed by atoms with Crippen molar-refractivity contribution < 1.29 is 26.7 Å². The first-order valence-corrected chi connectivity index (χ1v) is 11.5. The smallest absolute Gasteiger partial charge is 0.301 e. The summed E-state index contributed by atoms with van der Waals surface area (Å²) in [7, 11) is -4.12. The number of hydrogen-bond acceptors (Lipinski definition) is 5. The molecule has 0 atom stereocenters. The van der Waals surface area contributed by atoms with Crippen LogP contribution in [0.2, 0.25) is 0 Å². The second-order valence-corrected chi connectivity index (χ2v) is 9.02. The Morgan fingerprint density at radius 1 is 1.07 bits per heavy atom. The summed E-state index contributed by atoms with van der Waals surface area (Å²) in [6.45, 7) is 2.33. The molecule has 0 fully saturated rings. The predicted molar refractivity (Wildman–Crippen MR) is 119 cm³/mol. The summed E-state index contributed by atoms with van der Waals surface area (Å²) in [4.78, 5) is 0. The predicted octanol–water partition coefficient (Wildman–Crippen LogP) is 3.01. The van der Waals surface area contributed by atoms with Gasteiger partial charge in [-0.2, -0.15) is 12.7 Å². The largest absolute Gasteiger partial charge is 0.395 e. The van der Waals surface area contributed by atoms with E-state index in [1.165, 1.54) is 12.1 Å². The summed E-state index contributed by atoms with van der Waals surface area (Å²) in [5.74, 6) is -3.27. The molecule has 0 saturated heterocycles. The standard InChI is InChI=1S/C18H22F3IN4O3S/c1-2-26(9-7-23-8-10-27)30(28,29)25-16-6-4-13(19)17(21)18(16)24-15-5-3-12(22)11-14(15)20/h3-6,11,23-25,27H,2,7-10H2,1H3. The number of benzene rings is 2. The third-order valence-electron chi connectivity index (χ3n) is 4.04. The molecule has 0 aliphatic heterocycles. The number of nitrogens with one attached hydrogen (secondary N) is 3. The second-order valence-electron chi connectivity index (χ2n) is 6.11. The average Bonchev–Trinajstić information content (AvgIpc) is 2.69. The molecule has 2 rings (SSSR count). The molecule has 0 aromatic heterocycles. The Hall–Kier alpha value is -1.61. The third-order valence-corrected chi connectivity index (χ3v) is 6.31. The first-order chi connectivity index (χ1) is 14.2. The van der Waals surface area contributed by atoms with Gasteiger partial charge >= 0.3 is 10.2 Å². The highest BCUT2D eigenvalue weighted by molar-refractivity contribution is 14.1. The molecule has 12 heteroatoms. The lowest BCUT2D eigenvalue weighted by atomic mass is 10.2. The van der Waals surface area contributed by atoms with E-state index >= 15 is 0 Å². The lowest BCUT2D eigenvalue weighted by Crippen LogP contribution is -2.40. The van der Waals surface area contributed by atoms with Crippen LogP contribution < -0.4 is 15.4 Å². The van der Waals surface area contributed by atoms with Crippen LogP contribution in [0.1, 0.15) is 6.92 Å². The van der Waals surface area contributed by atoms with Crippen LogP contribution in [0.3, 0.4) is 0 Å². The molecule has 30 heavy (non-hydrogen) atoms. The van der Waals surface area contributed by atoms with E-state index in [4.69, 9.17) is 5.11 Å². The number of rotatable bonds is 11. The van der Waals surface area contributed by atoms with Crippen molar-refractivity contribution in [3.8, 4) is 0 Å². The van der Waals surface area contributed by atoms with Crippen LogP contribution in [0.5, 0.6) is 0 Å². The number of likely N-dealkylation sites (N-methyl/N-ethyl adjacent to an activating group) is 1. The average molecular weight is 558 g/mol. The SMILES string of the molecule is CCN(CCNCCO)S(=O)(=O)Nc1ccc(F)c(F)c1Nc1ccc(I)cc1F. The quantitative estimate of drug-likeness (QED) is 0.252. The topological polar surface area (TPSA) is 93.7 Å². The first kappa shape index (κ1) is 24.7. The molecule has 0 unspecified atom stereocenters. The second kappa shape index (κ2) is 11.1. The van der Waals surface area contributed by atoms with Crippen molar-refractivity contribution in [3.05, 3.63) is 51.4 Å². The highest BCUT2D eigenvalue weighted by Crippen LogP contribution is 2.32. The van der Waals surface area contributed by atoms with Crippen molar-refractivity contribution in [2.24, 2.45) is 0 Å². The Morgan fingerprint density at radius 3 is 2.40 bits per heavy atom. The molecule has 0 spiro atoms. The van der Waals surface area contributed by atoms with Crippen LogP contribution in [-0.2, 0) is 10.2 Å². The maximum Gasteiger partial charge on any atom is 0.301 e. The van der Waals surface area contributed by atoms with Crippen molar-refractivity contribution >= 4 is 49.9 Å². The lowest BCUT2D eigenvalue weighted by Gasteiger charge is -2.23. The van der Waals surface area contributed by atoms with E-state index in [2.05, 4.69) is 15.4 Å². The first-order valence-electron chi connectivity index (χ1n) is 8.99. The molecular formula is C18H22F3IN4O3S. The van der Waals surface area contributed by atoms with Crippen molar-refractivity contribution in [1.29, 1.82) is 0 Å². The number of aliphatic hydroxyl groups excluding tert-OH is 1. The van der Waals surface area contributed by atoms with Gasteiger partial charge in [-0.25, -0.2) is 13.2 Å². The van der Waals surface area contributed by atoms with Gasteiger partial charge in [0.25, 0.3) is 0 Å². The molecule has 0 aliphatic carbocycles. The number of halogens is 4. The van der Waals surface area contributed by atoms with E-state index in [0.29, 0.717) is 10.1 Å². The van der Waals surface area contributed by atoms with Gasteiger partial charge < -0.3 is 15.7 Å². The summed E-state index contributed by atoms with van der Waals surface area (Å²) < 4.78 is 71.8. The van der Waals surface area contributed by atoms with Crippen molar-refractivity contribution in [3.63, 3.8) is 0 Å². The molecular weight excluding hydrogens is 536 g/mol. The molecule has 0 aliphatic rings. The summed E-state index contributed by atoms with van der Waals surface area (Å²) in [6, 6.07) is 5.93. The molecule has 0 amide bonds. The molecule has 2 aromatic rings. The Balaban J connectivity index is 2.31. The fourth-order valence-electron chi connectivity index (χ4n) is 2.54. The summed E-state index contributed by atoms with van der Waals surface area (Å²) in [6.07, 6.45) is 0. The Kier molecular flexibility index (Phi) is 9.15. The van der Waals surface area contributed by atoms with Crippen LogP contribution >= 0.6 is 22.6 Å². The van der Waals surface area contributed by atoms with E-state index in [1.54, 1.807) is 13.0 Å². The highest BCUT2D eigenvalue weighted by Gasteiger charge is 2.24. The number of anilines is 3. The molecule has 7 nitrogen and oxygen atoms in total. The van der Waals surface area contributed by atoms with E-state index < -0.39 is 33.3 Å². The fourth-order valence-corrected chi connectivity index (χ4v) is 4.24. The van der Waals surface area contributed by atoms with E-state index in [-0.39, 0.29) is 37.6 Å². The van der Waals surface area contributed by atoms with Gasteiger partial charge in [-0.05, 0) is 52.9 Å². The van der Waals surface area contributed by atoms with Gasteiger partial charge in [0, 0.05) is 29.7 Å². The minimum absolute atomic E-state index is 0.0872. The maximum absolute atomic E-state index is 14.5. The number of aliphatic hydroxyl groups is 1. The third kappa shape index (κ3) is 6.44. The van der Waals surface area contributed by atoms with Crippen molar-refractivity contribution in [1.82, 2.24) is 9.62 Å². The number of nitrogens with zero attached hydrogens (tertiary/aromatic N) is 1. The summed E-state index contributed by atoms with van der Waals surface area (Å²) in [5.41, 5.74) is -0.942. The van der Waals surface area contributed by atoms with Crippen molar-refractivity contribution in [2.45, 2.75) is 6.92 Å². The Labute approximate surface area is 187 Å². The molecule has 4 N–H and O–H groups in total. The molecule has 0 heterocycles. The van der Waals surface area contributed by atoms with E-state index in [0.717, 1.165) is 16.4 Å². The van der Waals surface area contributed by atoms with Gasteiger partial charge in [0.1, 0.15) is 11.5 Å². The zero-order chi connectivity index (χ0) is 22.3. The molecule has 2 aromatic carbocycles. The highest BCUT2D eigenvalue weighted by atomic mass is 127. The van der Waals surface area contributed by atoms with Gasteiger partial charge in [-0.15, -0.1) is 0 Å². The van der Waals surface area contributed by atoms with Gasteiger partial charge in [-0.1, -0.05) is 6.92 Å². The van der Waals surface area contributed by atoms with Crippen molar-refractivity contribution in [2.75, 3.05) is 42.8 Å². The van der Waals surface area contributed by atoms with Crippen LogP contribution in [0, 0.1) is 21.0 Å². The van der Waals surface area contributed by atoms with Crippen LogP contribution in [-0.4, -0.2) is 50.6 Å². The Morgan fingerprint density at radius 2 is 1.77 bits per heavy atom. The van der Waals surface area contributed by atoms with Gasteiger partial charge in [0.05, 0.1) is 18.0 Å². The van der Waals surface area contributed by atoms with Gasteiger partial charge in [0.15, 0.2) is 11.6 Å². The summed E-state index contributed by atoms with van der Waals surface area (Å²) >= 11 is 1.90. The van der Waals surface area contributed by atoms with Gasteiger partial charge in [0.2, 0.25) is 0 Å². The Bertz CT molecular complexity index is 979. The molecule has 0 saturated carbocycles. The normalized spacial score (nSPS) is 11.7. The monoisotopic (exact) mass is 558 g/mol. The van der Waals surface area contributed by atoms with Crippen LogP contribution in [0.4, 0.5) is 30.2 Å². The zero-order valence-corrected chi connectivity index (χ0v) is 19.0. The minimum Gasteiger partial charge on any atom is -0.395 e. The minimum atomic E-state index is -4.12. The van der Waals surface area contributed by atoms with Crippen LogP contribution in [0.25, 0.3) is 0 Å². The van der Waals surface area contributed by atoms with Gasteiger partial charge in [-0.3, -0.25) is 4.72 Å². The maximum atomic E-state index is 14.5. The molecule has 0 radical (unpaired) electrons. The molecule has 166 valence electrons. The fraction of sp³-hybridized carbons (Fsp3) is 0.333. The molecule has 0 bridgehead atoms. The zero-order valence-electron chi connectivity index (χ0n) is 16.1. The lowest BCUT2D eigenvalue weighted by molar-refractivity contribution is 0.290. The summed E-state index contributed by atoms with van der Waals surface area (Å²) in [5, 5.41) is 14.1. The van der Waals surface area contributed by atoms with Crippen LogP contribution in [0.15, 0.2) is 30.3 Å². The number of hydrogen-bond donors (Lipinski definition) is 4.